The maximum absolute atomic E-state index is 5.92. The second kappa shape index (κ2) is 5.25. The van der Waals surface area contributed by atoms with E-state index in [-0.39, 0.29) is 10.9 Å². The summed E-state index contributed by atoms with van der Waals surface area (Å²) in [6.45, 7) is 0.826. The summed E-state index contributed by atoms with van der Waals surface area (Å²) in [4.78, 5) is 9.72. The van der Waals surface area contributed by atoms with Crippen molar-refractivity contribution in [3.05, 3.63) is 40.8 Å². The molecule has 3 N–H and O–H groups in total. The molecule has 2 unspecified atom stereocenters. The van der Waals surface area contributed by atoms with Crippen molar-refractivity contribution in [1.29, 1.82) is 0 Å². The van der Waals surface area contributed by atoms with Crippen LogP contribution in [0, 0.1) is 0 Å². The fraction of sp³-hybridized carbons (Fsp3) is 0.182. The third kappa shape index (κ3) is 2.50. The fourth-order valence-corrected chi connectivity index (χ4v) is 3.34. The quantitative estimate of drug-likeness (QED) is 0.666. The lowest BCUT2D eigenvalue weighted by Gasteiger charge is -2.04. The van der Waals surface area contributed by atoms with Gasteiger partial charge in [0.1, 0.15) is 5.01 Å². The summed E-state index contributed by atoms with van der Waals surface area (Å²) < 4.78 is 8.29. The van der Waals surface area contributed by atoms with Crippen LogP contribution in [0.4, 0.5) is 0 Å². The summed E-state index contributed by atoms with van der Waals surface area (Å²) in [5, 5.41) is 2.71. The predicted molar refractivity (Wildman–Crippen MR) is 74.6 cm³/mol. The van der Waals surface area contributed by atoms with Crippen LogP contribution in [0.25, 0.3) is 10.2 Å². The average molecular weight is 280 g/mol. The van der Waals surface area contributed by atoms with Crippen molar-refractivity contribution >= 4 is 32.4 Å². The summed E-state index contributed by atoms with van der Waals surface area (Å²) in [5.74, 6) is 0. The second-order valence-electron chi connectivity index (χ2n) is 3.66. The number of nitrogens with zero attached hydrogens (tertiary/aromatic N) is 2. The van der Waals surface area contributed by atoms with Crippen molar-refractivity contribution < 1.29 is 4.84 Å². The molecule has 0 amide bonds. The normalized spacial score (nSPS) is 20.8. The standard InChI is InChI=1S/C11H12N4OS2/c12-10(16-15-18-7-3-6-13-18)11-14-8-4-1-2-5-9(8)17-11/h1-5,7,10H,6,12H2,(H,13,15). The number of para-hydroxylation sites is 1. The molecule has 1 aliphatic heterocycles. The largest absolute Gasteiger partial charge is 0.298 e. The van der Waals surface area contributed by atoms with E-state index in [1.165, 1.54) is 11.3 Å². The van der Waals surface area contributed by atoms with E-state index < -0.39 is 6.23 Å². The Morgan fingerprint density at radius 2 is 2.39 bits per heavy atom. The molecular formula is C11H12N4OS2. The van der Waals surface area contributed by atoms with E-state index in [9.17, 15) is 0 Å². The van der Waals surface area contributed by atoms with Gasteiger partial charge in [0, 0.05) is 17.4 Å². The lowest BCUT2D eigenvalue weighted by Crippen LogP contribution is -2.14. The molecule has 5 nitrogen and oxygen atoms in total. The van der Waals surface area contributed by atoms with Gasteiger partial charge in [-0.15, -0.1) is 11.3 Å². The van der Waals surface area contributed by atoms with E-state index in [1.54, 1.807) is 0 Å². The highest BCUT2D eigenvalue weighted by atomic mass is 32.2. The van der Waals surface area contributed by atoms with E-state index in [2.05, 4.69) is 14.2 Å². The Balaban J connectivity index is 1.77. The van der Waals surface area contributed by atoms with Gasteiger partial charge >= 0.3 is 0 Å². The smallest absolute Gasteiger partial charge is 0.189 e. The first-order valence-electron chi connectivity index (χ1n) is 5.44. The Morgan fingerprint density at radius 3 is 3.17 bits per heavy atom. The summed E-state index contributed by atoms with van der Waals surface area (Å²) in [6, 6.07) is 7.92. The zero-order chi connectivity index (χ0) is 12.4. The maximum atomic E-state index is 5.92. The Labute approximate surface area is 111 Å². The fourth-order valence-electron chi connectivity index (χ4n) is 1.52. The van der Waals surface area contributed by atoms with Crippen LogP contribution in [0.2, 0.25) is 0 Å². The van der Waals surface area contributed by atoms with Gasteiger partial charge in [-0.25, -0.2) is 14.5 Å². The van der Waals surface area contributed by atoms with Crippen molar-refractivity contribution in [1.82, 2.24) is 9.71 Å². The molecule has 0 fully saturated rings. The van der Waals surface area contributed by atoms with E-state index in [4.69, 9.17) is 10.6 Å². The first-order valence-corrected chi connectivity index (χ1v) is 7.50. The molecule has 7 heteroatoms. The van der Waals surface area contributed by atoms with Gasteiger partial charge in [0.25, 0.3) is 0 Å². The minimum absolute atomic E-state index is 0.370. The van der Waals surface area contributed by atoms with Gasteiger partial charge in [-0.1, -0.05) is 22.7 Å². The van der Waals surface area contributed by atoms with Crippen LogP contribution in [-0.4, -0.2) is 11.5 Å². The van der Waals surface area contributed by atoms with E-state index in [0.717, 1.165) is 21.8 Å². The zero-order valence-corrected chi connectivity index (χ0v) is 11.1. The van der Waals surface area contributed by atoms with Crippen molar-refractivity contribution in [2.45, 2.75) is 6.23 Å². The van der Waals surface area contributed by atoms with Crippen LogP contribution in [0.15, 0.2) is 40.3 Å². The summed E-state index contributed by atoms with van der Waals surface area (Å²) >= 11 is 1.53. The first-order chi connectivity index (χ1) is 8.83. The van der Waals surface area contributed by atoms with Crippen molar-refractivity contribution in [3.8, 4) is 0 Å². The van der Waals surface area contributed by atoms with Gasteiger partial charge in [-0.2, -0.15) is 0 Å². The number of nitrogens with one attached hydrogen (secondary N) is 1. The third-order valence-corrected chi connectivity index (χ3v) is 4.62. The van der Waals surface area contributed by atoms with Crippen LogP contribution >= 0.6 is 11.3 Å². The van der Waals surface area contributed by atoms with E-state index >= 15 is 0 Å². The Morgan fingerprint density at radius 1 is 1.50 bits per heavy atom. The minimum Gasteiger partial charge on any atom is -0.298 e. The van der Waals surface area contributed by atoms with E-state index in [0.29, 0.717) is 0 Å². The summed E-state index contributed by atoms with van der Waals surface area (Å²) in [7, 11) is -0.370. The Kier molecular flexibility index (Phi) is 3.48. The number of aromatic nitrogens is 1. The molecule has 1 aromatic carbocycles. The highest BCUT2D eigenvalue weighted by Gasteiger charge is 2.13. The van der Waals surface area contributed by atoms with Gasteiger partial charge in [-0.05, 0) is 17.5 Å². The van der Waals surface area contributed by atoms with Crippen LogP contribution in [0.1, 0.15) is 11.2 Å². The lowest BCUT2D eigenvalue weighted by atomic mass is 10.3. The highest BCUT2D eigenvalue weighted by Crippen LogP contribution is 2.25. The molecule has 0 radical (unpaired) electrons. The number of hydrogen-bond donors (Lipinski definition) is 2. The van der Waals surface area contributed by atoms with Gasteiger partial charge in [0.2, 0.25) is 0 Å². The molecule has 1 aromatic heterocycles. The van der Waals surface area contributed by atoms with Gasteiger partial charge in [0.15, 0.2) is 6.23 Å². The monoisotopic (exact) mass is 280 g/mol. The van der Waals surface area contributed by atoms with Crippen LogP contribution in [0.3, 0.4) is 0 Å². The topological polar surface area (TPSA) is 72.5 Å². The van der Waals surface area contributed by atoms with Gasteiger partial charge in [-0.3, -0.25) is 5.73 Å². The predicted octanol–water partition coefficient (Wildman–Crippen LogP) is 2.02. The minimum atomic E-state index is -0.606. The molecule has 0 aliphatic carbocycles. The molecule has 0 spiro atoms. The molecule has 1 aliphatic rings. The molecule has 0 saturated carbocycles. The molecule has 3 rings (SSSR count). The Bertz CT molecular complexity index is 589. The van der Waals surface area contributed by atoms with Crippen LogP contribution < -0.4 is 10.5 Å². The third-order valence-electron chi connectivity index (χ3n) is 2.36. The molecule has 2 heterocycles. The Hall–Kier alpha value is -1.12. The molecular weight excluding hydrogens is 268 g/mol. The SMILES string of the molecule is NC(O/N=S1\C=CCN1)c1nc2ccccc2s1. The number of nitrogens with two attached hydrogens (primary N) is 1. The van der Waals surface area contributed by atoms with E-state index in [1.807, 2.05) is 35.7 Å². The van der Waals surface area contributed by atoms with Crippen LogP contribution in [0.5, 0.6) is 0 Å². The number of hydrogen-bond acceptors (Lipinski definition) is 5. The summed E-state index contributed by atoms with van der Waals surface area (Å²) in [5.41, 5.74) is 6.86. The summed E-state index contributed by atoms with van der Waals surface area (Å²) in [6.07, 6.45) is 1.41. The number of rotatable bonds is 3. The molecule has 2 aromatic rings. The van der Waals surface area contributed by atoms with Crippen molar-refractivity contribution in [2.75, 3.05) is 6.54 Å². The average Bonchev–Trinajstić information content (AvgIpc) is 3.04. The molecule has 2 atom stereocenters. The number of benzene rings is 1. The zero-order valence-electron chi connectivity index (χ0n) is 9.45. The molecule has 0 saturated heterocycles. The van der Waals surface area contributed by atoms with Gasteiger partial charge in [0.05, 0.1) is 10.2 Å². The molecule has 0 bridgehead atoms. The van der Waals surface area contributed by atoms with Gasteiger partial charge < -0.3 is 0 Å². The van der Waals surface area contributed by atoms with Crippen molar-refractivity contribution in [2.24, 2.45) is 10.3 Å². The number of fused-ring (bicyclic) bond motifs is 1. The molecule has 18 heavy (non-hydrogen) atoms. The highest BCUT2D eigenvalue weighted by molar-refractivity contribution is 7.88. The second-order valence-corrected chi connectivity index (χ2v) is 6.06. The first kappa shape index (κ1) is 11.9. The number of thiazole rings is 1. The van der Waals surface area contributed by atoms with Crippen LogP contribution in [-0.2, 0) is 15.7 Å². The van der Waals surface area contributed by atoms with Crippen molar-refractivity contribution in [3.63, 3.8) is 0 Å². The lowest BCUT2D eigenvalue weighted by molar-refractivity contribution is 0.0682. The molecule has 94 valence electrons. The maximum Gasteiger partial charge on any atom is 0.189 e.